The Bertz CT molecular complexity index is 525. The van der Waals surface area contributed by atoms with Gasteiger partial charge < -0.3 is 15.2 Å². The zero-order valence-electron chi connectivity index (χ0n) is 10.8. The van der Waals surface area contributed by atoms with Crippen molar-refractivity contribution in [1.29, 1.82) is 0 Å². The van der Waals surface area contributed by atoms with Gasteiger partial charge in [0, 0.05) is 6.42 Å². The fraction of sp³-hybridized carbons (Fsp3) is 0.429. The van der Waals surface area contributed by atoms with Crippen LogP contribution in [0.1, 0.15) is 17.7 Å². The Labute approximate surface area is 112 Å². The van der Waals surface area contributed by atoms with Crippen LogP contribution in [0, 0.1) is 18.8 Å². The van der Waals surface area contributed by atoms with Gasteiger partial charge >= 0.3 is 0 Å². The van der Waals surface area contributed by atoms with Crippen molar-refractivity contribution in [2.75, 3.05) is 13.2 Å². The summed E-state index contributed by atoms with van der Waals surface area (Å²) in [4.78, 5) is 14.8. The molecule has 2 rings (SSSR count). The Morgan fingerprint density at radius 1 is 1.68 bits per heavy atom. The quantitative estimate of drug-likeness (QED) is 0.807. The minimum atomic E-state index is -0.626. The Balaban J connectivity index is 2.00. The first-order valence-corrected chi connectivity index (χ1v) is 6.13. The van der Waals surface area contributed by atoms with Gasteiger partial charge in [-0.3, -0.25) is 9.78 Å². The third kappa shape index (κ3) is 3.97. The summed E-state index contributed by atoms with van der Waals surface area (Å²) >= 11 is 0. The van der Waals surface area contributed by atoms with Crippen LogP contribution in [0.25, 0.3) is 0 Å². The van der Waals surface area contributed by atoms with E-state index in [9.17, 15) is 4.79 Å². The number of amides is 1. The molecule has 0 aliphatic carbocycles. The van der Waals surface area contributed by atoms with Gasteiger partial charge in [0.1, 0.15) is 11.9 Å². The number of primary amides is 1. The highest BCUT2D eigenvalue weighted by Crippen LogP contribution is 2.18. The molecular weight excluding hydrogens is 244 g/mol. The van der Waals surface area contributed by atoms with E-state index >= 15 is 0 Å². The van der Waals surface area contributed by atoms with Gasteiger partial charge in [-0.1, -0.05) is 5.92 Å². The molecule has 1 aliphatic rings. The zero-order valence-corrected chi connectivity index (χ0v) is 10.8. The van der Waals surface area contributed by atoms with Crippen molar-refractivity contribution in [3.63, 3.8) is 0 Å². The molecule has 1 aliphatic heterocycles. The summed E-state index contributed by atoms with van der Waals surface area (Å²) in [5, 5.41) is 0. The van der Waals surface area contributed by atoms with E-state index in [0.29, 0.717) is 13.0 Å². The third-order valence-electron chi connectivity index (χ3n) is 2.82. The molecule has 1 atom stereocenters. The van der Waals surface area contributed by atoms with Gasteiger partial charge in [0.25, 0.3) is 5.91 Å². The number of rotatable bonds is 3. The van der Waals surface area contributed by atoms with E-state index < -0.39 is 5.91 Å². The molecular formula is C14H16N2O3. The fourth-order valence-corrected chi connectivity index (χ4v) is 1.84. The fourth-order valence-electron chi connectivity index (χ4n) is 1.84. The van der Waals surface area contributed by atoms with Crippen LogP contribution in [-0.4, -0.2) is 30.2 Å². The minimum absolute atomic E-state index is 0.113. The molecule has 1 amide bonds. The average Bonchev–Trinajstić information content (AvgIpc) is 2.84. The first kappa shape index (κ1) is 13.4. The summed E-state index contributed by atoms with van der Waals surface area (Å²) in [6.07, 6.45) is 3.10. The zero-order chi connectivity index (χ0) is 13.7. The molecule has 5 nitrogen and oxygen atoms in total. The third-order valence-corrected chi connectivity index (χ3v) is 2.82. The van der Waals surface area contributed by atoms with Crippen LogP contribution >= 0.6 is 0 Å². The highest BCUT2D eigenvalue weighted by molar-refractivity contribution is 5.91. The van der Waals surface area contributed by atoms with E-state index in [1.807, 2.05) is 13.0 Å². The van der Waals surface area contributed by atoms with E-state index in [4.69, 9.17) is 15.2 Å². The second kappa shape index (κ2) is 6.21. The van der Waals surface area contributed by atoms with Crippen LogP contribution in [0.15, 0.2) is 12.3 Å². The molecule has 0 bridgehead atoms. The molecule has 19 heavy (non-hydrogen) atoms. The molecule has 2 heterocycles. The molecule has 0 spiro atoms. The van der Waals surface area contributed by atoms with E-state index in [1.165, 1.54) is 0 Å². The molecule has 5 heteroatoms. The normalized spacial score (nSPS) is 17.6. The number of carbonyl (C=O) groups is 1. The van der Waals surface area contributed by atoms with Crippen molar-refractivity contribution in [1.82, 2.24) is 4.98 Å². The lowest BCUT2D eigenvalue weighted by Crippen LogP contribution is -2.16. The number of ether oxygens (including phenoxy) is 2. The van der Waals surface area contributed by atoms with Crippen LogP contribution in [0.4, 0.5) is 0 Å². The Hall–Kier alpha value is -2.06. The molecule has 1 fully saturated rings. The van der Waals surface area contributed by atoms with E-state index in [2.05, 4.69) is 16.8 Å². The smallest absolute Gasteiger partial charge is 0.293 e. The number of nitrogens with two attached hydrogens (primary N) is 1. The van der Waals surface area contributed by atoms with Crippen LogP contribution < -0.4 is 10.5 Å². The Kier molecular flexibility index (Phi) is 4.37. The average molecular weight is 260 g/mol. The standard InChI is InChI=1S/C14H16N2O3/c1-10-7-12(19-11-5-6-18-9-11)8-16-13(10)3-2-4-14(15)17/h7-8,11H,3,5-6,9H2,1H3,(H2,15,17)/t11-/m1/s1. The molecule has 0 saturated carbocycles. The first-order chi connectivity index (χ1) is 9.15. The Morgan fingerprint density at radius 2 is 2.53 bits per heavy atom. The summed E-state index contributed by atoms with van der Waals surface area (Å²) in [6, 6.07) is 1.92. The van der Waals surface area contributed by atoms with Crippen molar-refractivity contribution < 1.29 is 14.3 Å². The number of pyridine rings is 1. The summed E-state index contributed by atoms with van der Waals surface area (Å²) in [5.74, 6) is 5.09. The highest BCUT2D eigenvalue weighted by Gasteiger charge is 2.17. The van der Waals surface area contributed by atoms with Gasteiger partial charge in [0.15, 0.2) is 0 Å². The molecule has 0 radical (unpaired) electrons. The lowest BCUT2D eigenvalue weighted by Gasteiger charge is -2.12. The largest absolute Gasteiger partial charge is 0.486 e. The SMILES string of the molecule is Cc1cc(O[C@@H]2CCOC2)cnc1CC#CC(N)=O. The first-order valence-electron chi connectivity index (χ1n) is 6.13. The maximum atomic E-state index is 10.5. The van der Waals surface area contributed by atoms with Crippen molar-refractivity contribution in [3.05, 3.63) is 23.5 Å². The van der Waals surface area contributed by atoms with Gasteiger partial charge in [-0.05, 0) is 24.5 Å². The molecule has 1 aromatic rings. The molecule has 100 valence electrons. The molecule has 2 N–H and O–H groups in total. The van der Waals surface area contributed by atoms with Crippen LogP contribution in [0.5, 0.6) is 5.75 Å². The number of aromatic nitrogens is 1. The number of nitrogens with zero attached hydrogens (tertiary/aromatic N) is 1. The topological polar surface area (TPSA) is 74.4 Å². The van der Waals surface area contributed by atoms with Gasteiger partial charge in [-0.15, -0.1) is 0 Å². The predicted octanol–water partition coefficient (Wildman–Crippen LogP) is 0.589. The summed E-state index contributed by atoms with van der Waals surface area (Å²) in [6.45, 7) is 3.31. The van der Waals surface area contributed by atoms with Gasteiger partial charge in [0.2, 0.25) is 0 Å². The maximum absolute atomic E-state index is 10.5. The van der Waals surface area contributed by atoms with Crippen molar-refractivity contribution in [2.45, 2.75) is 25.9 Å². The number of carbonyl (C=O) groups excluding carboxylic acids is 1. The monoisotopic (exact) mass is 260 g/mol. The second-order valence-electron chi connectivity index (χ2n) is 4.38. The molecule has 0 unspecified atom stereocenters. The second-order valence-corrected chi connectivity index (χ2v) is 4.38. The van der Waals surface area contributed by atoms with Gasteiger partial charge in [-0.2, -0.15) is 0 Å². The van der Waals surface area contributed by atoms with Crippen LogP contribution in [-0.2, 0) is 16.0 Å². The molecule has 1 saturated heterocycles. The van der Waals surface area contributed by atoms with Crippen LogP contribution in [0.2, 0.25) is 0 Å². The van der Waals surface area contributed by atoms with Gasteiger partial charge in [-0.25, -0.2) is 0 Å². The van der Waals surface area contributed by atoms with E-state index in [1.54, 1.807) is 6.20 Å². The van der Waals surface area contributed by atoms with E-state index in [-0.39, 0.29) is 6.10 Å². The number of hydrogen-bond donors (Lipinski definition) is 1. The predicted molar refractivity (Wildman–Crippen MR) is 69.5 cm³/mol. The minimum Gasteiger partial charge on any atom is -0.486 e. The van der Waals surface area contributed by atoms with Crippen LogP contribution in [0.3, 0.4) is 0 Å². The summed E-state index contributed by atoms with van der Waals surface area (Å²) in [5.41, 5.74) is 6.75. The number of hydrogen-bond acceptors (Lipinski definition) is 4. The van der Waals surface area contributed by atoms with E-state index in [0.717, 1.165) is 30.0 Å². The molecule has 0 aromatic carbocycles. The Morgan fingerprint density at radius 3 is 3.16 bits per heavy atom. The van der Waals surface area contributed by atoms with Crippen molar-refractivity contribution in [3.8, 4) is 17.6 Å². The summed E-state index contributed by atoms with van der Waals surface area (Å²) < 4.78 is 11.0. The lowest BCUT2D eigenvalue weighted by atomic mass is 10.1. The maximum Gasteiger partial charge on any atom is 0.293 e. The lowest BCUT2D eigenvalue weighted by molar-refractivity contribution is -0.112. The number of aryl methyl sites for hydroxylation is 1. The van der Waals surface area contributed by atoms with Crippen molar-refractivity contribution in [2.24, 2.45) is 5.73 Å². The highest BCUT2D eigenvalue weighted by atomic mass is 16.5. The van der Waals surface area contributed by atoms with Crippen molar-refractivity contribution >= 4 is 5.91 Å². The van der Waals surface area contributed by atoms with Gasteiger partial charge in [0.05, 0.1) is 31.5 Å². The molecule has 1 aromatic heterocycles. The summed E-state index contributed by atoms with van der Waals surface area (Å²) in [7, 11) is 0.